The van der Waals surface area contributed by atoms with Crippen molar-refractivity contribution < 1.29 is 0 Å². The summed E-state index contributed by atoms with van der Waals surface area (Å²) in [5.41, 5.74) is 5.83. The van der Waals surface area contributed by atoms with Crippen LogP contribution in [0.25, 0.3) is 0 Å². The van der Waals surface area contributed by atoms with E-state index in [4.69, 9.17) is 5.73 Å². The van der Waals surface area contributed by atoms with Crippen molar-refractivity contribution in [3.05, 3.63) is 0 Å². The second kappa shape index (κ2) is 6.04. The van der Waals surface area contributed by atoms with Crippen molar-refractivity contribution in [1.29, 1.82) is 0 Å². The van der Waals surface area contributed by atoms with E-state index in [1.54, 1.807) is 0 Å². The Kier molecular flexibility index (Phi) is 4.39. The maximum absolute atomic E-state index is 5.83. The number of nitrogens with two attached hydrogens (primary N) is 1. The highest BCUT2D eigenvalue weighted by atomic mass is 15.3. The molecule has 0 saturated heterocycles. The van der Waals surface area contributed by atoms with Crippen LogP contribution in [0.1, 0.15) is 33.6 Å². The molecule has 1 aliphatic carbocycles. The van der Waals surface area contributed by atoms with E-state index in [0.29, 0.717) is 17.8 Å². The van der Waals surface area contributed by atoms with Crippen LogP contribution in [0.3, 0.4) is 0 Å². The number of rotatable bonds is 7. The van der Waals surface area contributed by atoms with Gasteiger partial charge in [-0.1, -0.05) is 0 Å². The lowest BCUT2D eigenvalue weighted by atomic mass is 10.4. The number of aromatic nitrogens is 3. The molecule has 0 spiro atoms. The molecule has 0 amide bonds. The Labute approximate surface area is 115 Å². The topological polar surface area (TPSA) is 71.2 Å². The van der Waals surface area contributed by atoms with Crippen molar-refractivity contribution in [3.8, 4) is 0 Å². The second-order valence-electron chi connectivity index (χ2n) is 4.95. The first kappa shape index (κ1) is 13.8. The molecule has 2 rings (SSSR count). The molecule has 0 bridgehead atoms. The SMILES string of the molecule is CCN(CC)c1nc(N)nc(N(CC)CC2CC2)n1. The van der Waals surface area contributed by atoms with Gasteiger partial charge < -0.3 is 15.5 Å². The van der Waals surface area contributed by atoms with Crippen LogP contribution in [0.2, 0.25) is 0 Å². The van der Waals surface area contributed by atoms with Crippen LogP contribution in [-0.4, -0.2) is 41.1 Å². The van der Waals surface area contributed by atoms with Crippen LogP contribution in [0.4, 0.5) is 17.8 Å². The monoisotopic (exact) mass is 264 g/mol. The maximum Gasteiger partial charge on any atom is 0.231 e. The largest absolute Gasteiger partial charge is 0.368 e. The molecule has 0 radical (unpaired) electrons. The minimum absolute atomic E-state index is 0.307. The third-order valence-electron chi connectivity index (χ3n) is 3.52. The van der Waals surface area contributed by atoms with E-state index < -0.39 is 0 Å². The molecule has 0 aromatic carbocycles. The highest BCUT2D eigenvalue weighted by Gasteiger charge is 2.25. The van der Waals surface area contributed by atoms with Gasteiger partial charge in [0.15, 0.2) is 0 Å². The van der Waals surface area contributed by atoms with Gasteiger partial charge in [0.2, 0.25) is 17.8 Å². The van der Waals surface area contributed by atoms with Gasteiger partial charge >= 0.3 is 0 Å². The lowest BCUT2D eigenvalue weighted by Crippen LogP contribution is -2.30. The minimum atomic E-state index is 0.307. The molecule has 2 N–H and O–H groups in total. The number of hydrogen-bond donors (Lipinski definition) is 1. The summed E-state index contributed by atoms with van der Waals surface area (Å²) in [5, 5.41) is 0. The van der Waals surface area contributed by atoms with E-state index in [9.17, 15) is 0 Å². The molecule has 1 heterocycles. The van der Waals surface area contributed by atoms with Crippen LogP contribution in [0, 0.1) is 5.92 Å². The smallest absolute Gasteiger partial charge is 0.231 e. The van der Waals surface area contributed by atoms with Gasteiger partial charge in [-0.3, -0.25) is 0 Å². The Morgan fingerprint density at radius 3 is 1.95 bits per heavy atom. The second-order valence-corrected chi connectivity index (χ2v) is 4.95. The van der Waals surface area contributed by atoms with E-state index in [0.717, 1.165) is 32.1 Å². The zero-order valence-corrected chi connectivity index (χ0v) is 12.1. The molecule has 1 fully saturated rings. The van der Waals surface area contributed by atoms with Gasteiger partial charge in [-0.2, -0.15) is 15.0 Å². The summed E-state index contributed by atoms with van der Waals surface area (Å²) in [4.78, 5) is 17.4. The molecule has 6 heteroatoms. The van der Waals surface area contributed by atoms with Crippen molar-refractivity contribution in [2.24, 2.45) is 5.92 Å². The molecule has 0 aliphatic heterocycles. The van der Waals surface area contributed by atoms with E-state index >= 15 is 0 Å². The fourth-order valence-corrected chi connectivity index (χ4v) is 2.12. The normalized spacial score (nSPS) is 14.5. The average Bonchev–Trinajstić information content (AvgIpc) is 3.20. The molecule has 19 heavy (non-hydrogen) atoms. The van der Waals surface area contributed by atoms with Gasteiger partial charge in [-0.05, 0) is 39.5 Å². The Hall–Kier alpha value is -1.59. The fraction of sp³-hybridized carbons (Fsp3) is 0.769. The summed E-state index contributed by atoms with van der Waals surface area (Å²) < 4.78 is 0. The summed E-state index contributed by atoms with van der Waals surface area (Å²) in [5.74, 6) is 2.50. The molecule has 1 aromatic heterocycles. The summed E-state index contributed by atoms with van der Waals surface area (Å²) in [6, 6.07) is 0. The highest BCUT2D eigenvalue weighted by molar-refractivity contribution is 5.43. The standard InChI is InChI=1S/C13H24N6/c1-4-18(5-2)12-15-11(14)16-13(17-12)19(6-3)9-10-7-8-10/h10H,4-9H2,1-3H3,(H2,14,15,16,17). The van der Waals surface area contributed by atoms with Crippen LogP contribution >= 0.6 is 0 Å². The lowest BCUT2D eigenvalue weighted by Gasteiger charge is -2.23. The van der Waals surface area contributed by atoms with E-state index in [1.165, 1.54) is 12.8 Å². The van der Waals surface area contributed by atoms with Crippen LogP contribution in [0.15, 0.2) is 0 Å². The van der Waals surface area contributed by atoms with Gasteiger partial charge in [0.1, 0.15) is 0 Å². The highest BCUT2D eigenvalue weighted by Crippen LogP contribution is 2.30. The zero-order valence-electron chi connectivity index (χ0n) is 12.1. The van der Waals surface area contributed by atoms with Crippen molar-refractivity contribution in [1.82, 2.24) is 15.0 Å². The number of hydrogen-bond acceptors (Lipinski definition) is 6. The van der Waals surface area contributed by atoms with Gasteiger partial charge in [-0.25, -0.2) is 0 Å². The number of nitrogen functional groups attached to an aromatic ring is 1. The zero-order chi connectivity index (χ0) is 13.8. The Bertz CT molecular complexity index is 414. The van der Waals surface area contributed by atoms with Gasteiger partial charge in [0.25, 0.3) is 0 Å². The van der Waals surface area contributed by atoms with Crippen molar-refractivity contribution in [2.45, 2.75) is 33.6 Å². The third-order valence-corrected chi connectivity index (χ3v) is 3.52. The maximum atomic E-state index is 5.83. The molecule has 1 saturated carbocycles. The Balaban J connectivity index is 2.22. The minimum Gasteiger partial charge on any atom is -0.368 e. The molecule has 106 valence electrons. The predicted molar refractivity (Wildman–Crippen MR) is 78.4 cm³/mol. The lowest BCUT2D eigenvalue weighted by molar-refractivity contribution is 0.712. The van der Waals surface area contributed by atoms with Crippen molar-refractivity contribution >= 4 is 17.8 Å². The summed E-state index contributed by atoms with van der Waals surface area (Å²) in [7, 11) is 0. The molecule has 1 aliphatic rings. The fourth-order valence-electron chi connectivity index (χ4n) is 2.12. The summed E-state index contributed by atoms with van der Waals surface area (Å²) >= 11 is 0. The molecule has 1 aromatic rings. The van der Waals surface area contributed by atoms with Gasteiger partial charge in [0, 0.05) is 26.2 Å². The first-order valence-corrected chi connectivity index (χ1v) is 7.19. The van der Waals surface area contributed by atoms with Crippen molar-refractivity contribution in [2.75, 3.05) is 41.7 Å². The molecular weight excluding hydrogens is 240 g/mol. The quantitative estimate of drug-likeness (QED) is 0.805. The number of anilines is 3. The van der Waals surface area contributed by atoms with Crippen LogP contribution < -0.4 is 15.5 Å². The first-order chi connectivity index (χ1) is 9.17. The predicted octanol–water partition coefficient (Wildman–Crippen LogP) is 1.54. The van der Waals surface area contributed by atoms with E-state index in [-0.39, 0.29) is 0 Å². The molecule has 0 atom stereocenters. The summed E-state index contributed by atoms with van der Waals surface area (Å²) in [6.45, 7) is 9.97. The van der Waals surface area contributed by atoms with Gasteiger partial charge in [-0.15, -0.1) is 0 Å². The van der Waals surface area contributed by atoms with Crippen molar-refractivity contribution in [3.63, 3.8) is 0 Å². The third kappa shape index (κ3) is 3.45. The molecule has 0 unspecified atom stereocenters. The van der Waals surface area contributed by atoms with Crippen LogP contribution in [-0.2, 0) is 0 Å². The van der Waals surface area contributed by atoms with Crippen LogP contribution in [0.5, 0.6) is 0 Å². The first-order valence-electron chi connectivity index (χ1n) is 7.19. The van der Waals surface area contributed by atoms with E-state index in [2.05, 4.69) is 45.5 Å². The van der Waals surface area contributed by atoms with E-state index in [1.807, 2.05) is 0 Å². The average molecular weight is 264 g/mol. The Morgan fingerprint density at radius 2 is 1.47 bits per heavy atom. The summed E-state index contributed by atoms with van der Waals surface area (Å²) in [6.07, 6.45) is 2.64. The molecular formula is C13H24N6. The van der Waals surface area contributed by atoms with Gasteiger partial charge in [0.05, 0.1) is 0 Å². The molecule has 6 nitrogen and oxygen atoms in total. The number of nitrogens with zero attached hydrogens (tertiary/aromatic N) is 5. The Morgan fingerprint density at radius 1 is 0.947 bits per heavy atom.